The Bertz CT molecular complexity index is 408. The van der Waals surface area contributed by atoms with Crippen LogP contribution >= 0.6 is 11.6 Å². The van der Waals surface area contributed by atoms with E-state index in [9.17, 15) is 4.79 Å². The van der Waals surface area contributed by atoms with Gasteiger partial charge in [-0.3, -0.25) is 4.79 Å². The van der Waals surface area contributed by atoms with Crippen LogP contribution in [0.4, 0.5) is 5.69 Å². The second kappa shape index (κ2) is 5.41. The molecule has 0 bridgehead atoms. The van der Waals surface area contributed by atoms with Crippen LogP contribution in [0.2, 0.25) is 5.02 Å². The van der Waals surface area contributed by atoms with Gasteiger partial charge in [-0.25, -0.2) is 0 Å². The van der Waals surface area contributed by atoms with Crippen LogP contribution in [-0.4, -0.2) is 24.7 Å². The van der Waals surface area contributed by atoms with Gasteiger partial charge in [-0.15, -0.1) is 0 Å². The van der Waals surface area contributed by atoms with Crippen LogP contribution in [0.25, 0.3) is 0 Å². The van der Waals surface area contributed by atoms with E-state index < -0.39 is 11.9 Å². The van der Waals surface area contributed by atoms with E-state index in [0.29, 0.717) is 11.6 Å². The van der Waals surface area contributed by atoms with E-state index in [2.05, 4.69) is 0 Å². The van der Waals surface area contributed by atoms with Crippen LogP contribution in [0.15, 0.2) is 12.1 Å². The number of benzene rings is 1. The molecule has 17 heavy (non-hydrogen) atoms. The van der Waals surface area contributed by atoms with Crippen molar-refractivity contribution in [2.24, 2.45) is 5.92 Å². The second-order valence-corrected chi connectivity index (χ2v) is 4.94. The molecule has 1 atom stereocenters. The predicted molar refractivity (Wildman–Crippen MR) is 71.0 cm³/mol. The fraction of sp³-hybridized carbons (Fsp3) is 0.462. The number of hydrogen-bond acceptors (Lipinski definition) is 2. The fourth-order valence-corrected chi connectivity index (χ4v) is 2.44. The highest BCUT2D eigenvalue weighted by molar-refractivity contribution is 6.33. The SMILES string of the molecule is Cc1cc(C)c(N(C)CC(C)C(=O)O)c(Cl)c1. The zero-order valence-corrected chi connectivity index (χ0v) is 11.4. The van der Waals surface area contributed by atoms with E-state index in [4.69, 9.17) is 16.7 Å². The first kappa shape index (κ1) is 13.8. The highest BCUT2D eigenvalue weighted by Crippen LogP contribution is 2.30. The van der Waals surface area contributed by atoms with E-state index in [0.717, 1.165) is 16.8 Å². The van der Waals surface area contributed by atoms with Crippen LogP contribution < -0.4 is 4.90 Å². The Kier molecular flexibility index (Phi) is 4.40. The zero-order valence-electron chi connectivity index (χ0n) is 10.6. The second-order valence-electron chi connectivity index (χ2n) is 4.53. The van der Waals surface area contributed by atoms with Crippen LogP contribution in [0, 0.1) is 19.8 Å². The fourth-order valence-electron chi connectivity index (χ4n) is 1.97. The Balaban J connectivity index is 2.96. The molecule has 0 radical (unpaired) electrons. The minimum absolute atomic E-state index is 0.420. The summed E-state index contributed by atoms with van der Waals surface area (Å²) in [6, 6.07) is 3.94. The van der Waals surface area contributed by atoms with Gasteiger partial charge in [0.1, 0.15) is 0 Å². The Hall–Kier alpha value is -1.22. The molecule has 0 fully saturated rings. The maximum atomic E-state index is 10.8. The Morgan fingerprint density at radius 3 is 2.53 bits per heavy atom. The topological polar surface area (TPSA) is 40.5 Å². The normalized spacial score (nSPS) is 12.3. The van der Waals surface area contributed by atoms with Crippen LogP contribution in [-0.2, 0) is 4.79 Å². The summed E-state index contributed by atoms with van der Waals surface area (Å²) in [7, 11) is 1.86. The molecule has 3 nitrogen and oxygen atoms in total. The van der Waals surface area contributed by atoms with Crippen LogP contribution in [0.3, 0.4) is 0 Å². The molecule has 0 aromatic heterocycles. The number of halogens is 1. The third-order valence-corrected chi connectivity index (χ3v) is 3.04. The van der Waals surface area contributed by atoms with Crippen molar-refractivity contribution in [1.29, 1.82) is 0 Å². The maximum absolute atomic E-state index is 10.8. The molecular weight excluding hydrogens is 238 g/mol. The third-order valence-electron chi connectivity index (χ3n) is 2.75. The molecule has 0 aliphatic carbocycles. The van der Waals surface area contributed by atoms with Crippen molar-refractivity contribution in [2.45, 2.75) is 20.8 Å². The summed E-state index contributed by atoms with van der Waals surface area (Å²) in [5.74, 6) is -1.21. The van der Waals surface area contributed by atoms with Gasteiger partial charge in [0.15, 0.2) is 0 Å². The third kappa shape index (κ3) is 3.37. The molecule has 0 heterocycles. The molecule has 1 aromatic rings. The summed E-state index contributed by atoms with van der Waals surface area (Å²) in [5, 5.41) is 9.57. The zero-order chi connectivity index (χ0) is 13.2. The highest BCUT2D eigenvalue weighted by Gasteiger charge is 2.17. The molecule has 4 heteroatoms. The van der Waals surface area contributed by atoms with Crippen molar-refractivity contribution in [3.05, 3.63) is 28.3 Å². The van der Waals surface area contributed by atoms with Crippen molar-refractivity contribution in [1.82, 2.24) is 0 Å². The lowest BCUT2D eigenvalue weighted by Crippen LogP contribution is -2.29. The molecule has 0 saturated carbocycles. The monoisotopic (exact) mass is 255 g/mol. The average Bonchev–Trinajstić information content (AvgIpc) is 2.15. The molecule has 0 saturated heterocycles. The molecule has 0 spiro atoms. The van der Waals surface area contributed by atoms with Gasteiger partial charge < -0.3 is 10.0 Å². The van der Waals surface area contributed by atoms with Gasteiger partial charge in [0.25, 0.3) is 0 Å². The van der Waals surface area contributed by atoms with Crippen LogP contribution in [0.1, 0.15) is 18.1 Å². The van der Waals surface area contributed by atoms with Gasteiger partial charge in [0.2, 0.25) is 0 Å². The minimum atomic E-state index is -0.794. The van der Waals surface area contributed by atoms with Crippen molar-refractivity contribution < 1.29 is 9.90 Å². The van der Waals surface area contributed by atoms with Gasteiger partial charge in [-0.1, -0.05) is 24.6 Å². The quantitative estimate of drug-likeness (QED) is 0.899. The summed E-state index contributed by atoms with van der Waals surface area (Å²) in [4.78, 5) is 12.7. The summed E-state index contributed by atoms with van der Waals surface area (Å²) < 4.78 is 0. The lowest BCUT2D eigenvalue weighted by atomic mass is 10.1. The van der Waals surface area contributed by atoms with Gasteiger partial charge >= 0.3 is 5.97 Å². The van der Waals surface area contributed by atoms with Crippen molar-refractivity contribution in [3.63, 3.8) is 0 Å². The van der Waals surface area contributed by atoms with Gasteiger partial charge in [0, 0.05) is 13.6 Å². The number of anilines is 1. The molecule has 94 valence electrons. The number of hydrogen-bond donors (Lipinski definition) is 1. The minimum Gasteiger partial charge on any atom is -0.481 e. The van der Waals surface area contributed by atoms with E-state index >= 15 is 0 Å². The molecule has 0 aliphatic rings. The Labute approximate surface area is 107 Å². The summed E-state index contributed by atoms with van der Waals surface area (Å²) in [6.07, 6.45) is 0. The lowest BCUT2D eigenvalue weighted by Gasteiger charge is -2.24. The first-order chi connectivity index (χ1) is 7.82. The van der Waals surface area contributed by atoms with E-state index in [-0.39, 0.29) is 0 Å². The van der Waals surface area contributed by atoms with E-state index in [1.165, 1.54) is 0 Å². The van der Waals surface area contributed by atoms with E-state index in [1.54, 1.807) is 6.92 Å². The van der Waals surface area contributed by atoms with Crippen molar-refractivity contribution in [2.75, 3.05) is 18.5 Å². The van der Waals surface area contributed by atoms with Gasteiger partial charge in [-0.05, 0) is 31.0 Å². The first-order valence-electron chi connectivity index (χ1n) is 5.53. The number of aliphatic carboxylic acids is 1. The first-order valence-corrected chi connectivity index (χ1v) is 5.91. The molecule has 0 aliphatic heterocycles. The average molecular weight is 256 g/mol. The van der Waals surface area contributed by atoms with Crippen molar-refractivity contribution in [3.8, 4) is 0 Å². The van der Waals surface area contributed by atoms with Gasteiger partial charge in [0.05, 0.1) is 16.6 Å². The standard InChI is InChI=1S/C13H18ClNO2/c1-8-5-9(2)12(11(14)6-8)15(4)7-10(3)13(16)17/h5-6,10H,7H2,1-4H3,(H,16,17). The van der Waals surface area contributed by atoms with Crippen LogP contribution in [0.5, 0.6) is 0 Å². The predicted octanol–water partition coefficient (Wildman–Crippen LogP) is 3.11. The number of nitrogens with zero attached hydrogens (tertiary/aromatic N) is 1. The smallest absolute Gasteiger partial charge is 0.308 e. The highest BCUT2D eigenvalue weighted by atomic mass is 35.5. The number of carbonyl (C=O) groups is 1. The van der Waals surface area contributed by atoms with Gasteiger partial charge in [-0.2, -0.15) is 0 Å². The summed E-state index contributed by atoms with van der Waals surface area (Å²) >= 11 is 6.20. The summed E-state index contributed by atoms with van der Waals surface area (Å²) in [6.45, 7) is 6.11. The maximum Gasteiger partial charge on any atom is 0.308 e. The largest absolute Gasteiger partial charge is 0.481 e. The number of rotatable bonds is 4. The molecule has 1 unspecified atom stereocenters. The molecule has 1 rings (SSSR count). The number of carboxylic acid groups (broad SMARTS) is 1. The molecular formula is C13H18ClNO2. The Morgan fingerprint density at radius 1 is 1.47 bits per heavy atom. The Morgan fingerprint density at radius 2 is 2.06 bits per heavy atom. The molecule has 0 amide bonds. The van der Waals surface area contributed by atoms with E-state index in [1.807, 2.05) is 37.9 Å². The lowest BCUT2D eigenvalue weighted by molar-refractivity contribution is -0.140. The molecule has 1 aromatic carbocycles. The number of aryl methyl sites for hydroxylation is 2. The molecule has 1 N–H and O–H groups in total. The number of carboxylic acids is 1. The summed E-state index contributed by atoms with van der Waals surface area (Å²) in [5.41, 5.74) is 3.08. The van der Waals surface area contributed by atoms with Crippen molar-refractivity contribution >= 4 is 23.3 Å².